The van der Waals surface area contributed by atoms with E-state index in [1.807, 2.05) is 30.3 Å². The molecule has 7 nitrogen and oxygen atoms in total. The van der Waals surface area contributed by atoms with E-state index in [0.717, 1.165) is 11.3 Å². The number of carboxylic acid groups (broad SMARTS) is 1. The number of aromatic nitrogens is 3. The van der Waals surface area contributed by atoms with Crippen LogP contribution in [0, 0.1) is 16.7 Å². The Morgan fingerprint density at radius 2 is 1.93 bits per heavy atom. The number of hydrogen-bond donors (Lipinski definition) is 2. The van der Waals surface area contributed by atoms with Crippen LogP contribution in [0.15, 0.2) is 42.6 Å². The van der Waals surface area contributed by atoms with E-state index >= 15 is 0 Å². The Morgan fingerprint density at radius 3 is 2.46 bits per heavy atom. The molecule has 0 aliphatic carbocycles. The Morgan fingerprint density at radius 1 is 1.25 bits per heavy atom. The van der Waals surface area contributed by atoms with Crippen molar-refractivity contribution < 1.29 is 14.6 Å². The second-order valence-corrected chi connectivity index (χ2v) is 7.17. The van der Waals surface area contributed by atoms with Crippen molar-refractivity contribution in [3.05, 3.63) is 53.4 Å². The first-order valence-corrected chi connectivity index (χ1v) is 8.76. The molecule has 0 saturated carbocycles. The van der Waals surface area contributed by atoms with Gasteiger partial charge < -0.3 is 14.8 Å². The molecule has 8 heteroatoms. The Bertz CT molecular complexity index is 1030. The minimum atomic E-state index is -0.962. The van der Waals surface area contributed by atoms with Crippen LogP contribution in [-0.2, 0) is 4.79 Å². The quantitative estimate of drug-likeness (QED) is 0.647. The van der Waals surface area contributed by atoms with E-state index < -0.39 is 11.4 Å². The van der Waals surface area contributed by atoms with Gasteiger partial charge in [0.05, 0.1) is 11.1 Å². The van der Waals surface area contributed by atoms with Crippen LogP contribution in [0.1, 0.15) is 19.5 Å². The Hall–Kier alpha value is -3.37. The van der Waals surface area contributed by atoms with Crippen molar-refractivity contribution in [1.29, 1.82) is 5.26 Å². The molecule has 0 amide bonds. The number of halogens is 1. The molecular formula is C20H17ClN4O3. The summed E-state index contributed by atoms with van der Waals surface area (Å²) in [5.74, 6) is 0.155. The van der Waals surface area contributed by atoms with Gasteiger partial charge >= 0.3 is 5.97 Å². The molecule has 0 fully saturated rings. The fraction of sp³-hybridized carbons (Fsp3) is 0.200. The molecule has 3 aromatic rings. The van der Waals surface area contributed by atoms with Gasteiger partial charge in [0.25, 0.3) is 0 Å². The van der Waals surface area contributed by atoms with Crippen molar-refractivity contribution >= 4 is 17.6 Å². The molecule has 3 rings (SSSR count). The maximum Gasteiger partial charge on any atom is 0.312 e. The van der Waals surface area contributed by atoms with Gasteiger partial charge in [-0.25, -0.2) is 4.98 Å². The summed E-state index contributed by atoms with van der Waals surface area (Å²) in [7, 11) is 0. The van der Waals surface area contributed by atoms with Gasteiger partial charge in [0.2, 0.25) is 0 Å². The predicted octanol–water partition coefficient (Wildman–Crippen LogP) is 4.15. The highest BCUT2D eigenvalue weighted by molar-refractivity contribution is 6.30. The molecule has 28 heavy (non-hydrogen) atoms. The van der Waals surface area contributed by atoms with Crippen LogP contribution >= 0.6 is 11.6 Å². The van der Waals surface area contributed by atoms with Crippen molar-refractivity contribution in [2.75, 3.05) is 6.61 Å². The maximum absolute atomic E-state index is 11.1. The van der Waals surface area contributed by atoms with Crippen molar-refractivity contribution in [2.24, 2.45) is 5.41 Å². The molecule has 2 N–H and O–H groups in total. The van der Waals surface area contributed by atoms with Gasteiger partial charge in [-0.3, -0.25) is 9.78 Å². The highest BCUT2D eigenvalue weighted by atomic mass is 35.5. The second-order valence-electron chi connectivity index (χ2n) is 6.79. The molecule has 0 atom stereocenters. The minimum Gasteiger partial charge on any atom is -0.492 e. The normalized spacial score (nSPS) is 11.1. The summed E-state index contributed by atoms with van der Waals surface area (Å²) in [6, 6.07) is 12.8. The fourth-order valence-electron chi connectivity index (χ4n) is 2.31. The zero-order chi connectivity index (χ0) is 20.3. The van der Waals surface area contributed by atoms with Crippen LogP contribution in [0.4, 0.5) is 0 Å². The summed E-state index contributed by atoms with van der Waals surface area (Å²) < 4.78 is 5.57. The largest absolute Gasteiger partial charge is 0.492 e. The number of ether oxygens (including phenoxy) is 1. The zero-order valence-electron chi connectivity index (χ0n) is 15.2. The number of benzene rings is 1. The number of imidazole rings is 1. The number of H-pyrrole nitrogens is 1. The van der Waals surface area contributed by atoms with Gasteiger partial charge in [-0.05, 0) is 50.2 Å². The number of nitriles is 1. The molecule has 0 unspecified atom stereocenters. The van der Waals surface area contributed by atoms with Crippen molar-refractivity contribution in [2.45, 2.75) is 13.8 Å². The second kappa shape index (κ2) is 7.71. The number of nitrogens with one attached hydrogen (secondary N) is 1. The average molecular weight is 397 g/mol. The van der Waals surface area contributed by atoms with E-state index in [4.69, 9.17) is 26.7 Å². The lowest BCUT2D eigenvalue weighted by Crippen LogP contribution is -2.30. The molecule has 0 spiro atoms. The first-order chi connectivity index (χ1) is 13.3. The van der Waals surface area contributed by atoms with Gasteiger partial charge in [0.15, 0.2) is 5.69 Å². The van der Waals surface area contributed by atoms with Crippen LogP contribution in [0.3, 0.4) is 0 Å². The first-order valence-electron chi connectivity index (χ1n) is 8.39. The van der Waals surface area contributed by atoms with Crippen LogP contribution in [0.25, 0.3) is 22.6 Å². The van der Waals surface area contributed by atoms with Crippen molar-refractivity contribution in [1.82, 2.24) is 15.0 Å². The number of hydrogen-bond acceptors (Lipinski definition) is 5. The molecule has 0 aliphatic heterocycles. The molecule has 0 bridgehead atoms. The predicted molar refractivity (Wildman–Crippen MR) is 104 cm³/mol. The summed E-state index contributed by atoms with van der Waals surface area (Å²) in [4.78, 5) is 22.5. The standard InChI is InChI=1S/C20H17ClN4O3/c1-20(2,19(26)27)11-28-14-6-3-12(4-7-14)15-8-5-13(10-23-15)18-24-16(9-22)17(21)25-18/h3-8,10H,11H2,1-2H3,(H,24,25)(H,26,27). The van der Waals surface area contributed by atoms with Gasteiger partial charge in [-0.15, -0.1) is 0 Å². The average Bonchev–Trinajstić information content (AvgIpc) is 3.07. The molecule has 1 aromatic carbocycles. The number of pyridine rings is 1. The zero-order valence-corrected chi connectivity index (χ0v) is 16.0. The van der Waals surface area contributed by atoms with Gasteiger partial charge in [-0.1, -0.05) is 11.6 Å². The topological polar surface area (TPSA) is 112 Å². The third-order valence-electron chi connectivity index (χ3n) is 4.13. The number of nitrogens with zero attached hydrogens (tertiary/aromatic N) is 3. The van der Waals surface area contributed by atoms with Crippen LogP contribution in [0.5, 0.6) is 5.75 Å². The molecule has 0 aliphatic rings. The van der Waals surface area contributed by atoms with E-state index in [0.29, 0.717) is 17.1 Å². The van der Waals surface area contributed by atoms with E-state index in [1.165, 1.54) is 0 Å². The lowest BCUT2D eigenvalue weighted by Gasteiger charge is -2.19. The molecule has 2 aromatic heterocycles. The van der Waals surface area contributed by atoms with E-state index in [9.17, 15) is 4.79 Å². The number of carbonyl (C=O) groups is 1. The lowest BCUT2D eigenvalue weighted by molar-refractivity contribution is -0.148. The summed E-state index contributed by atoms with van der Waals surface area (Å²) in [5, 5.41) is 18.3. The lowest BCUT2D eigenvalue weighted by atomic mass is 9.95. The summed E-state index contributed by atoms with van der Waals surface area (Å²) in [6.07, 6.45) is 1.64. The third kappa shape index (κ3) is 4.13. The van der Waals surface area contributed by atoms with E-state index in [2.05, 4.69) is 15.0 Å². The maximum atomic E-state index is 11.1. The minimum absolute atomic E-state index is 0.0744. The molecule has 0 radical (unpaired) electrons. The van der Waals surface area contributed by atoms with Crippen molar-refractivity contribution in [3.8, 4) is 34.5 Å². The van der Waals surface area contributed by atoms with Crippen LogP contribution < -0.4 is 4.74 Å². The van der Waals surface area contributed by atoms with Gasteiger partial charge in [0, 0.05) is 17.3 Å². The Labute approximate surface area is 166 Å². The van der Waals surface area contributed by atoms with Crippen LogP contribution in [0.2, 0.25) is 5.15 Å². The molecule has 142 valence electrons. The summed E-state index contributed by atoms with van der Waals surface area (Å²) in [6.45, 7) is 3.30. The fourth-order valence-corrected chi connectivity index (χ4v) is 2.49. The highest BCUT2D eigenvalue weighted by Crippen LogP contribution is 2.25. The molecule has 2 heterocycles. The Balaban J connectivity index is 1.72. The smallest absolute Gasteiger partial charge is 0.312 e. The number of aromatic amines is 1. The first kappa shape index (κ1) is 19.4. The highest BCUT2D eigenvalue weighted by Gasteiger charge is 2.28. The van der Waals surface area contributed by atoms with Gasteiger partial charge in [0.1, 0.15) is 29.4 Å². The monoisotopic (exact) mass is 396 g/mol. The van der Waals surface area contributed by atoms with Crippen molar-refractivity contribution in [3.63, 3.8) is 0 Å². The van der Waals surface area contributed by atoms with Crippen LogP contribution in [-0.4, -0.2) is 32.6 Å². The van der Waals surface area contributed by atoms with E-state index in [-0.39, 0.29) is 17.5 Å². The SMILES string of the molecule is CC(C)(COc1ccc(-c2ccc(-c3nc(C#N)c(Cl)[nH]3)cn2)cc1)C(=O)O. The van der Waals surface area contributed by atoms with Gasteiger partial charge in [-0.2, -0.15) is 5.26 Å². The van der Waals surface area contributed by atoms with E-state index in [1.54, 1.807) is 32.2 Å². The summed E-state index contributed by atoms with van der Waals surface area (Å²) in [5.41, 5.74) is 1.52. The molecule has 0 saturated heterocycles. The third-order valence-corrected chi connectivity index (χ3v) is 4.40. The number of aliphatic carboxylic acids is 1. The number of carboxylic acids is 1. The summed E-state index contributed by atoms with van der Waals surface area (Å²) >= 11 is 5.90. The molecular weight excluding hydrogens is 380 g/mol. The number of rotatable bonds is 6. The Kier molecular flexibility index (Phi) is 5.34.